The molecule has 1 rings (SSSR count). The van der Waals surface area contributed by atoms with Crippen LogP contribution in [0.3, 0.4) is 0 Å². The predicted molar refractivity (Wildman–Crippen MR) is 50.2 cm³/mol. The normalized spacial score (nSPS) is 9.31. The summed E-state index contributed by atoms with van der Waals surface area (Å²) in [5.74, 6) is 0. The standard InChI is InChI=1S/C8H5BrN2O2/c1-5-2-7(9)6(4-10)3-8(5)11(12)13/h2-3H,1H3. The number of hydrogen-bond acceptors (Lipinski definition) is 3. The Morgan fingerprint density at radius 3 is 2.69 bits per heavy atom. The van der Waals surface area contributed by atoms with Gasteiger partial charge >= 0.3 is 0 Å². The molecule has 66 valence electrons. The second-order valence-electron chi connectivity index (χ2n) is 2.49. The first-order chi connectivity index (χ1) is 6.06. The van der Waals surface area contributed by atoms with E-state index in [9.17, 15) is 10.1 Å². The first kappa shape index (κ1) is 9.68. The lowest BCUT2D eigenvalue weighted by molar-refractivity contribution is -0.385. The Hall–Kier alpha value is -1.41. The molecule has 0 saturated heterocycles. The van der Waals surface area contributed by atoms with Crippen LogP contribution >= 0.6 is 15.9 Å². The third-order valence-corrected chi connectivity index (χ3v) is 2.26. The fourth-order valence-electron chi connectivity index (χ4n) is 0.944. The van der Waals surface area contributed by atoms with Crippen molar-refractivity contribution in [2.75, 3.05) is 0 Å². The van der Waals surface area contributed by atoms with Crippen LogP contribution < -0.4 is 0 Å². The number of hydrogen-bond donors (Lipinski definition) is 0. The van der Waals surface area contributed by atoms with Crippen molar-refractivity contribution < 1.29 is 4.92 Å². The van der Waals surface area contributed by atoms with Crippen molar-refractivity contribution >= 4 is 21.6 Å². The van der Waals surface area contributed by atoms with Gasteiger partial charge in [-0.15, -0.1) is 0 Å². The van der Waals surface area contributed by atoms with Crippen LogP contribution in [-0.4, -0.2) is 4.92 Å². The van der Waals surface area contributed by atoms with Crippen molar-refractivity contribution in [1.82, 2.24) is 0 Å². The molecule has 1 aromatic carbocycles. The minimum Gasteiger partial charge on any atom is -0.258 e. The quantitative estimate of drug-likeness (QED) is 0.560. The van der Waals surface area contributed by atoms with Crippen LogP contribution in [0.4, 0.5) is 5.69 Å². The van der Waals surface area contributed by atoms with Gasteiger partial charge in [0, 0.05) is 16.1 Å². The van der Waals surface area contributed by atoms with Gasteiger partial charge in [-0.05, 0) is 28.9 Å². The van der Waals surface area contributed by atoms with Gasteiger partial charge in [-0.25, -0.2) is 0 Å². The maximum Gasteiger partial charge on any atom is 0.273 e. The zero-order chi connectivity index (χ0) is 10.0. The maximum absolute atomic E-state index is 10.5. The van der Waals surface area contributed by atoms with Crippen LogP contribution in [0.1, 0.15) is 11.1 Å². The zero-order valence-electron chi connectivity index (χ0n) is 6.74. The first-order valence-electron chi connectivity index (χ1n) is 3.41. The van der Waals surface area contributed by atoms with E-state index in [1.165, 1.54) is 6.07 Å². The summed E-state index contributed by atoms with van der Waals surface area (Å²) in [4.78, 5) is 9.98. The molecule has 0 saturated carbocycles. The topological polar surface area (TPSA) is 66.9 Å². The van der Waals surface area contributed by atoms with Gasteiger partial charge in [0.1, 0.15) is 6.07 Å². The lowest BCUT2D eigenvalue weighted by atomic mass is 10.1. The molecular formula is C8H5BrN2O2. The van der Waals surface area contributed by atoms with Crippen LogP contribution in [0.15, 0.2) is 16.6 Å². The van der Waals surface area contributed by atoms with Crippen LogP contribution in [0.2, 0.25) is 0 Å². The molecule has 4 nitrogen and oxygen atoms in total. The highest BCUT2D eigenvalue weighted by atomic mass is 79.9. The third kappa shape index (κ3) is 1.84. The molecule has 0 aliphatic heterocycles. The van der Waals surface area contributed by atoms with E-state index >= 15 is 0 Å². The molecule has 13 heavy (non-hydrogen) atoms. The minimum absolute atomic E-state index is 0.0280. The van der Waals surface area contributed by atoms with Crippen molar-refractivity contribution in [1.29, 1.82) is 5.26 Å². The number of halogens is 1. The van der Waals surface area contributed by atoms with Crippen LogP contribution in [0, 0.1) is 28.4 Å². The molecular weight excluding hydrogens is 236 g/mol. The van der Waals surface area contributed by atoms with E-state index in [0.29, 0.717) is 10.0 Å². The highest BCUT2D eigenvalue weighted by Gasteiger charge is 2.13. The Kier molecular flexibility index (Phi) is 2.63. The Morgan fingerprint density at radius 1 is 1.62 bits per heavy atom. The average molecular weight is 241 g/mol. The van der Waals surface area contributed by atoms with E-state index in [1.54, 1.807) is 13.0 Å². The van der Waals surface area contributed by atoms with Gasteiger partial charge in [-0.3, -0.25) is 10.1 Å². The summed E-state index contributed by atoms with van der Waals surface area (Å²) < 4.78 is 0.582. The molecule has 0 aliphatic rings. The van der Waals surface area contributed by atoms with E-state index in [-0.39, 0.29) is 11.3 Å². The fourth-order valence-corrected chi connectivity index (χ4v) is 1.49. The van der Waals surface area contributed by atoms with Gasteiger partial charge in [0.15, 0.2) is 0 Å². The first-order valence-corrected chi connectivity index (χ1v) is 4.20. The number of nitro benzene ring substituents is 1. The molecule has 0 amide bonds. The molecule has 0 aromatic heterocycles. The molecule has 0 radical (unpaired) electrons. The van der Waals surface area contributed by atoms with E-state index in [4.69, 9.17) is 5.26 Å². The Morgan fingerprint density at radius 2 is 2.23 bits per heavy atom. The van der Waals surface area contributed by atoms with Gasteiger partial charge in [0.25, 0.3) is 5.69 Å². The smallest absolute Gasteiger partial charge is 0.258 e. The molecule has 0 bridgehead atoms. The lowest BCUT2D eigenvalue weighted by Gasteiger charge is -1.99. The highest BCUT2D eigenvalue weighted by molar-refractivity contribution is 9.10. The average Bonchev–Trinajstić information content (AvgIpc) is 2.03. The zero-order valence-corrected chi connectivity index (χ0v) is 8.33. The molecule has 0 N–H and O–H groups in total. The fraction of sp³-hybridized carbons (Fsp3) is 0.125. The summed E-state index contributed by atoms with van der Waals surface area (Å²) in [5, 5.41) is 19.1. The van der Waals surface area contributed by atoms with E-state index in [1.807, 2.05) is 6.07 Å². The second kappa shape index (κ2) is 3.54. The number of nitro groups is 1. The molecule has 0 atom stereocenters. The van der Waals surface area contributed by atoms with Crippen LogP contribution in [0.5, 0.6) is 0 Å². The minimum atomic E-state index is -0.497. The monoisotopic (exact) mass is 240 g/mol. The van der Waals surface area contributed by atoms with E-state index < -0.39 is 4.92 Å². The van der Waals surface area contributed by atoms with E-state index in [0.717, 1.165) is 0 Å². The van der Waals surface area contributed by atoms with Gasteiger partial charge in [0.2, 0.25) is 0 Å². The Bertz CT molecular complexity index is 409. The predicted octanol–water partition coefficient (Wildman–Crippen LogP) is 2.54. The van der Waals surface area contributed by atoms with Gasteiger partial charge < -0.3 is 0 Å². The van der Waals surface area contributed by atoms with Crippen molar-refractivity contribution in [3.05, 3.63) is 37.8 Å². The number of nitrogens with zero attached hydrogens (tertiary/aromatic N) is 2. The summed E-state index contributed by atoms with van der Waals surface area (Å²) in [7, 11) is 0. The van der Waals surface area contributed by atoms with E-state index in [2.05, 4.69) is 15.9 Å². The summed E-state index contributed by atoms with van der Waals surface area (Å²) >= 11 is 3.15. The molecule has 0 heterocycles. The number of rotatable bonds is 1. The van der Waals surface area contributed by atoms with Crippen molar-refractivity contribution in [2.24, 2.45) is 0 Å². The second-order valence-corrected chi connectivity index (χ2v) is 3.34. The third-order valence-electron chi connectivity index (χ3n) is 1.60. The summed E-state index contributed by atoms with van der Waals surface area (Å²) in [6, 6.07) is 4.70. The molecule has 0 spiro atoms. The lowest BCUT2D eigenvalue weighted by Crippen LogP contribution is -1.93. The SMILES string of the molecule is Cc1cc(Br)c(C#N)cc1[N+](=O)[O-]. The largest absolute Gasteiger partial charge is 0.273 e. The Balaban J connectivity index is 3.41. The van der Waals surface area contributed by atoms with Crippen molar-refractivity contribution in [3.63, 3.8) is 0 Å². The van der Waals surface area contributed by atoms with Gasteiger partial charge in [-0.1, -0.05) is 0 Å². The Labute approximate surface area is 83.1 Å². The summed E-state index contributed by atoms with van der Waals surface area (Å²) in [6.45, 7) is 1.63. The van der Waals surface area contributed by atoms with Gasteiger partial charge in [0.05, 0.1) is 10.5 Å². The molecule has 5 heteroatoms. The molecule has 0 unspecified atom stereocenters. The maximum atomic E-state index is 10.5. The number of aryl methyl sites for hydroxylation is 1. The van der Waals surface area contributed by atoms with Gasteiger partial charge in [-0.2, -0.15) is 5.26 Å². The molecule has 0 aliphatic carbocycles. The summed E-state index contributed by atoms with van der Waals surface area (Å²) in [5.41, 5.74) is 0.785. The van der Waals surface area contributed by atoms with Crippen LogP contribution in [-0.2, 0) is 0 Å². The number of nitriles is 1. The number of benzene rings is 1. The van der Waals surface area contributed by atoms with Crippen molar-refractivity contribution in [3.8, 4) is 6.07 Å². The van der Waals surface area contributed by atoms with Crippen LogP contribution in [0.25, 0.3) is 0 Å². The molecule has 1 aromatic rings. The summed E-state index contributed by atoms with van der Waals surface area (Å²) in [6.07, 6.45) is 0. The highest BCUT2D eigenvalue weighted by Crippen LogP contribution is 2.25. The van der Waals surface area contributed by atoms with Crippen molar-refractivity contribution in [2.45, 2.75) is 6.92 Å². The molecule has 0 fully saturated rings.